The summed E-state index contributed by atoms with van der Waals surface area (Å²) in [6, 6.07) is 0. The van der Waals surface area contributed by atoms with Crippen molar-refractivity contribution in [2.45, 2.75) is 44.9 Å². The highest BCUT2D eigenvalue weighted by Crippen LogP contribution is 2.06. The van der Waals surface area contributed by atoms with Gasteiger partial charge in [0.05, 0.1) is 0 Å². The van der Waals surface area contributed by atoms with Gasteiger partial charge in [0.2, 0.25) is 0 Å². The van der Waals surface area contributed by atoms with Crippen LogP contribution < -0.4 is 0 Å². The van der Waals surface area contributed by atoms with Gasteiger partial charge in [0.25, 0.3) is 0 Å². The molecular weight excluding hydrogens is 196 g/mol. The van der Waals surface area contributed by atoms with Crippen LogP contribution in [-0.4, -0.2) is 45.2 Å². The zero-order valence-corrected chi connectivity index (χ0v) is 7.66. The average Bonchev–Trinajstić information content (AvgIpc) is 2.01. The number of carboxylic acid groups (broad SMARTS) is 2. The maximum Gasteiger partial charge on any atom is 0.316 e. The SMILES string of the molecule is O=C(O)CCCCCCCC(=O)O.[MgH2]. The van der Waals surface area contributed by atoms with Gasteiger partial charge in [0.1, 0.15) is 0 Å². The van der Waals surface area contributed by atoms with Gasteiger partial charge in [0, 0.05) is 12.8 Å². The number of unbranched alkanes of at least 4 members (excludes halogenated alkanes) is 4. The van der Waals surface area contributed by atoms with E-state index < -0.39 is 11.9 Å². The van der Waals surface area contributed by atoms with Crippen molar-refractivity contribution in [2.75, 3.05) is 0 Å². The van der Waals surface area contributed by atoms with E-state index in [1.165, 1.54) is 0 Å². The maximum absolute atomic E-state index is 10.1. The van der Waals surface area contributed by atoms with Crippen molar-refractivity contribution in [2.24, 2.45) is 0 Å². The van der Waals surface area contributed by atoms with E-state index in [-0.39, 0.29) is 35.9 Å². The van der Waals surface area contributed by atoms with Crippen molar-refractivity contribution in [1.82, 2.24) is 0 Å². The lowest BCUT2D eigenvalue weighted by Gasteiger charge is -1.97. The Bertz CT molecular complexity index is 152. The third kappa shape index (κ3) is 14.2. The van der Waals surface area contributed by atoms with Crippen LogP contribution in [0.15, 0.2) is 0 Å². The Labute approximate surface area is 99.8 Å². The number of hydrogen-bond acceptors (Lipinski definition) is 2. The van der Waals surface area contributed by atoms with Gasteiger partial charge in [0.15, 0.2) is 0 Å². The molecule has 0 spiro atoms. The fraction of sp³-hybridized carbons (Fsp3) is 0.778. The smallest absolute Gasteiger partial charge is 0.316 e. The van der Waals surface area contributed by atoms with Crippen molar-refractivity contribution in [3.05, 3.63) is 0 Å². The molecule has 0 aliphatic heterocycles. The van der Waals surface area contributed by atoms with Crippen LogP contribution in [0.3, 0.4) is 0 Å². The van der Waals surface area contributed by atoms with Gasteiger partial charge in [-0.2, -0.15) is 0 Å². The van der Waals surface area contributed by atoms with E-state index >= 15 is 0 Å². The van der Waals surface area contributed by atoms with E-state index in [9.17, 15) is 9.59 Å². The summed E-state index contributed by atoms with van der Waals surface area (Å²) in [5.41, 5.74) is 0. The van der Waals surface area contributed by atoms with E-state index in [0.717, 1.165) is 19.3 Å². The molecule has 0 saturated carbocycles. The first-order chi connectivity index (χ1) is 6.13. The molecule has 0 unspecified atom stereocenters. The minimum atomic E-state index is -0.759. The number of carbonyl (C=O) groups is 2. The molecule has 0 aromatic heterocycles. The summed E-state index contributed by atoms with van der Waals surface area (Å²) >= 11 is 0. The fourth-order valence-corrected chi connectivity index (χ4v) is 1.08. The van der Waals surface area contributed by atoms with Gasteiger partial charge in [-0.05, 0) is 12.8 Å². The van der Waals surface area contributed by atoms with Crippen molar-refractivity contribution in [1.29, 1.82) is 0 Å². The Kier molecular flexibility index (Phi) is 12.4. The van der Waals surface area contributed by atoms with Gasteiger partial charge >= 0.3 is 35.0 Å². The number of rotatable bonds is 8. The standard InChI is InChI=1S/C9H16O4.Mg.2H/c10-8(11)6-4-2-1-3-5-7-9(12)13;;;/h1-7H2,(H,10,11)(H,12,13);;;. The third-order valence-corrected chi connectivity index (χ3v) is 1.78. The molecule has 4 nitrogen and oxygen atoms in total. The zero-order valence-electron chi connectivity index (χ0n) is 7.66. The van der Waals surface area contributed by atoms with Crippen LogP contribution in [0.2, 0.25) is 0 Å². The first kappa shape index (κ1) is 16.1. The molecule has 0 bridgehead atoms. The first-order valence-electron chi connectivity index (χ1n) is 4.56. The Morgan fingerprint density at radius 1 is 0.714 bits per heavy atom. The lowest BCUT2D eigenvalue weighted by Crippen LogP contribution is -1.95. The molecule has 0 aromatic carbocycles. The van der Waals surface area contributed by atoms with Gasteiger partial charge in [-0.25, -0.2) is 0 Å². The van der Waals surface area contributed by atoms with E-state index in [1.807, 2.05) is 0 Å². The molecular formula is C9H18MgO4. The number of hydrogen-bond donors (Lipinski definition) is 2. The summed E-state index contributed by atoms with van der Waals surface area (Å²) in [5, 5.41) is 16.6. The zero-order chi connectivity index (χ0) is 10.1. The number of aliphatic carboxylic acids is 2. The minimum Gasteiger partial charge on any atom is -0.481 e. The van der Waals surface area contributed by atoms with E-state index in [4.69, 9.17) is 10.2 Å². The highest BCUT2D eigenvalue weighted by atomic mass is 24.3. The van der Waals surface area contributed by atoms with E-state index in [0.29, 0.717) is 12.8 Å². The molecule has 0 amide bonds. The predicted molar refractivity (Wildman–Crippen MR) is 56.1 cm³/mol. The fourth-order valence-electron chi connectivity index (χ4n) is 1.08. The summed E-state index contributed by atoms with van der Waals surface area (Å²) in [7, 11) is 0. The first-order valence-corrected chi connectivity index (χ1v) is 4.56. The Balaban J connectivity index is 0. The third-order valence-electron chi connectivity index (χ3n) is 1.78. The van der Waals surface area contributed by atoms with Crippen molar-refractivity contribution < 1.29 is 19.8 Å². The number of carboxylic acids is 2. The van der Waals surface area contributed by atoms with Crippen LogP contribution in [-0.2, 0) is 9.59 Å². The molecule has 0 aliphatic rings. The summed E-state index contributed by atoms with van der Waals surface area (Å²) in [6.07, 6.45) is 4.53. The maximum atomic E-state index is 10.1. The van der Waals surface area contributed by atoms with Crippen molar-refractivity contribution >= 4 is 35.0 Å². The lowest BCUT2D eigenvalue weighted by atomic mass is 10.1. The molecule has 0 aromatic rings. The second-order valence-electron chi connectivity index (χ2n) is 3.06. The molecule has 0 saturated heterocycles. The molecule has 0 aliphatic carbocycles. The summed E-state index contributed by atoms with van der Waals surface area (Å²) in [4.78, 5) is 20.2. The van der Waals surface area contributed by atoms with E-state index in [1.54, 1.807) is 0 Å². The van der Waals surface area contributed by atoms with Crippen molar-refractivity contribution in [3.8, 4) is 0 Å². The van der Waals surface area contributed by atoms with Crippen LogP contribution in [0.25, 0.3) is 0 Å². The van der Waals surface area contributed by atoms with Crippen LogP contribution >= 0.6 is 0 Å². The molecule has 80 valence electrons. The molecule has 0 heterocycles. The predicted octanol–water partition coefficient (Wildman–Crippen LogP) is 0.970. The molecule has 0 rings (SSSR count). The quantitative estimate of drug-likeness (QED) is 0.466. The van der Waals surface area contributed by atoms with Crippen molar-refractivity contribution in [3.63, 3.8) is 0 Å². The van der Waals surface area contributed by atoms with Gasteiger partial charge in [-0.3, -0.25) is 9.59 Å². The van der Waals surface area contributed by atoms with Crippen LogP contribution in [0, 0.1) is 0 Å². The van der Waals surface area contributed by atoms with Gasteiger partial charge in [-0.1, -0.05) is 19.3 Å². The van der Waals surface area contributed by atoms with Gasteiger partial charge < -0.3 is 10.2 Å². The Hall–Kier alpha value is -0.294. The normalized spacial score (nSPS) is 9.14. The molecule has 0 atom stereocenters. The van der Waals surface area contributed by atoms with Crippen LogP contribution in [0.4, 0.5) is 0 Å². The van der Waals surface area contributed by atoms with E-state index in [2.05, 4.69) is 0 Å². The largest absolute Gasteiger partial charge is 0.481 e. The molecule has 14 heavy (non-hydrogen) atoms. The highest BCUT2D eigenvalue weighted by molar-refractivity contribution is 5.75. The van der Waals surface area contributed by atoms with Gasteiger partial charge in [-0.15, -0.1) is 0 Å². The topological polar surface area (TPSA) is 74.6 Å². The van der Waals surface area contributed by atoms with Crippen LogP contribution in [0.5, 0.6) is 0 Å². The summed E-state index contributed by atoms with van der Waals surface area (Å²) in [5.74, 6) is -1.52. The lowest BCUT2D eigenvalue weighted by molar-refractivity contribution is -0.138. The Morgan fingerprint density at radius 2 is 1.00 bits per heavy atom. The summed E-state index contributed by atoms with van der Waals surface area (Å²) < 4.78 is 0. The molecule has 5 heteroatoms. The second kappa shape index (κ2) is 10.8. The average molecular weight is 215 g/mol. The second-order valence-corrected chi connectivity index (χ2v) is 3.06. The molecule has 0 fully saturated rings. The van der Waals surface area contributed by atoms with Crippen LogP contribution in [0.1, 0.15) is 44.9 Å². The highest BCUT2D eigenvalue weighted by Gasteiger charge is 1.98. The minimum absolute atomic E-state index is 0. The molecule has 2 N–H and O–H groups in total. The monoisotopic (exact) mass is 214 g/mol. The Morgan fingerprint density at radius 3 is 1.29 bits per heavy atom. The molecule has 0 radical (unpaired) electrons. The summed E-state index contributed by atoms with van der Waals surface area (Å²) in [6.45, 7) is 0.